The summed E-state index contributed by atoms with van der Waals surface area (Å²) in [5.74, 6) is 0. The monoisotopic (exact) mass is 418 g/mol. The molecule has 2 fully saturated rings. The molecule has 3 rings (SSSR count). The summed E-state index contributed by atoms with van der Waals surface area (Å²) in [6.45, 7) is 5.49. The van der Waals surface area contributed by atoms with Crippen LogP contribution in [0.25, 0.3) is 0 Å². The van der Waals surface area contributed by atoms with Gasteiger partial charge in [-0.05, 0) is 26.8 Å². The maximum atomic E-state index is 10.7. The van der Waals surface area contributed by atoms with E-state index in [1.807, 2.05) is 13.8 Å². The Morgan fingerprint density at radius 1 is 0.828 bits per heavy atom. The molecule has 0 amide bonds. The number of aliphatic hydroxyl groups excluding tert-OH is 2. The molecule has 0 aromatic heterocycles. The van der Waals surface area contributed by atoms with Gasteiger partial charge in [0, 0.05) is 27.1 Å². The summed E-state index contributed by atoms with van der Waals surface area (Å²) < 4.78 is 40.1. The number of ether oxygens (including phenoxy) is 7. The van der Waals surface area contributed by atoms with Crippen LogP contribution in [0.4, 0.5) is 0 Å². The van der Waals surface area contributed by atoms with Crippen LogP contribution in [0, 0.1) is 0 Å². The minimum atomic E-state index is -0.799. The summed E-state index contributed by atoms with van der Waals surface area (Å²) in [6, 6.07) is 0. The molecule has 0 radical (unpaired) electrons. The van der Waals surface area contributed by atoms with Crippen molar-refractivity contribution in [2.75, 3.05) is 14.2 Å². The van der Waals surface area contributed by atoms with E-state index in [0.29, 0.717) is 6.42 Å². The molecule has 3 aliphatic heterocycles. The van der Waals surface area contributed by atoms with Gasteiger partial charge in [0.15, 0.2) is 12.6 Å². The molecular formula is C20H34O9. The Balaban J connectivity index is 1.56. The molecule has 2 saturated heterocycles. The largest absolute Gasteiger partial charge is 0.496 e. The van der Waals surface area contributed by atoms with Crippen molar-refractivity contribution < 1.29 is 43.4 Å². The van der Waals surface area contributed by atoms with E-state index >= 15 is 0 Å². The average molecular weight is 418 g/mol. The zero-order chi connectivity index (χ0) is 21.1. The maximum absolute atomic E-state index is 10.7. The minimum absolute atomic E-state index is 0.204. The molecule has 168 valence electrons. The Hall–Kier alpha value is -0.780. The number of rotatable bonds is 6. The first kappa shape index (κ1) is 22.9. The molecule has 2 N–H and O–H groups in total. The molecule has 9 nitrogen and oxygen atoms in total. The second-order valence-electron chi connectivity index (χ2n) is 7.92. The van der Waals surface area contributed by atoms with E-state index in [-0.39, 0.29) is 30.8 Å². The van der Waals surface area contributed by atoms with Crippen LogP contribution < -0.4 is 0 Å². The van der Waals surface area contributed by atoms with Gasteiger partial charge in [-0.3, -0.25) is 0 Å². The molecule has 29 heavy (non-hydrogen) atoms. The third kappa shape index (κ3) is 5.29. The molecule has 0 spiro atoms. The minimum Gasteiger partial charge on any atom is -0.496 e. The first-order chi connectivity index (χ1) is 13.8. The Labute approximate surface area is 171 Å². The van der Waals surface area contributed by atoms with Crippen LogP contribution in [0.15, 0.2) is 12.3 Å². The quantitative estimate of drug-likeness (QED) is 0.645. The highest BCUT2D eigenvalue weighted by atomic mass is 16.7. The van der Waals surface area contributed by atoms with E-state index in [2.05, 4.69) is 0 Å². The molecular weight excluding hydrogens is 384 g/mol. The van der Waals surface area contributed by atoms with E-state index in [9.17, 15) is 10.2 Å². The van der Waals surface area contributed by atoms with Gasteiger partial charge < -0.3 is 43.4 Å². The average Bonchev–Trinajstić information content (AvgIpc) is 2.68. The lowest BCUT2D eigenvalue weighted by atomic mass is 10.00. The summed E-state index contributed by atoms with van der Waals surface area (Å²) >= 11 is 0. The van der Waals surface area contributed by atoms with Crippen molar-refractivity contribution >= 4 is 0 Å². The van der Waals surface area contributed by atoms with Gasteiger partial charge in [-0.2, -0.15) is 0 Å². The molecule has 9 heteroatoms. The smallest absolute Gasteiger partial charge is 0.161 e. The molecule has 0 bridgehead atoms. The van der Waals surface area contributed by atoms with Gasteiger partial charge in [-0.15, -0.1) is 0 Å². The summed E-state index contributed by atoms with van der Waals surface area (Å²) in [5, 5.41) is 20.8. The molecule has 3 heterocycles. The van der Waals surface area contributed by atoms with E-state index < -0.39 is 43.1 Å². The van der Waals surface area contributed by atoms with Gasteiger partial charge in [0.1, 0.15) is 30.5 Å². The van der Waals surface area contributed by atoms with Gasteiger partial charge >= 0.3 is 0 Å². The van der Waals surface area contributed by atoms with Crippen molar-refractivity contribution in [2.24, 2.45) is 0 Å². The highest BCUT2D eigenvalue weighted by molar-refractivity contribution is 4.98. The van der Waals surface area contributed by atoms with Crippen molar-refractivity contribution in [3.8, 4) is 0 Å². The predicted molar refractivity (Wildman–Crippen MR) is 101 cm³/mol. The molecule has 0 saturated carbocycles. The summed E-state index contributed by atoms with van der Waals surface area (Å²) in [7, 11) is 3.16. The summed E-state index contributed by atoms with van der Waals surface area (Å²) in [6.07, 6.45) is -1.34. The normalized spacial score (nSPS) is 48.3. The van der Waals surface area contributed by atoms with Gasteiger partial charge in [0.25, 0.3) is 0 Å². The van der Waals surface area contributed by atoms with Crippen LogP contribution in [0.5, 0.6) is 0 Å². The first-order valence-electron chi connectivity index (χ1n) is 10.2. The van der Waals surface area contributed by atoms with Gasteiger partial charge in [0.05, 0.1) is 30.7 Å². The fourth-order valence-corrected chi connectivity index (χ4v) is 4.09. The summed E-state index contributed by atoms with van der Waals surface area (Å²) in [5.41, 5.74) is 0. The van der Waals surface area contributed by atoms with Crippen LogP contribution in [0.3, 0.4) is 0 Å². The highest BCUT2D eigenvalue weighted by Gasteiger charge is 2.43. The lowest BCUT2D eigenvalue weighted by Gasteiger charge is -2.44. The lowest BCUT2D eigenvalue weighted by Crippen LogP contribution is -2.55. The van der Waals surface area contributed by atoms with Gasteiger partial charge in [0.2, 0.25) is 0 Å². The van der Waals surface area contributed by atoms with E-state index in [4.69, 9.17) is 33.2 Å². The topological polar surface area (TPSA) is 105 Å². The summed E-state index contributed by atoms with van der Waals surface area (Å²) in [4.78, 5) is 0. The molecule has 0 aliphatic carbocycles. The molecule has 11 atom stereocenters. The first-order valence-corrected chi connectivity index (χ1v) is 10.2. The zero-order valence-electron chi connectivity index (χ0n) is 17.7. The van der Waals surface area contributed by atoms with Crippen LogP contribution in [0.1, 0.15) is 33.6 Å². The van der Waals surface area contributed by atoms with Gasteiger partial charge in [-0.1, -0.05) is 0 Å². The zero-order valence-corrected chi connectivity index (χ0v) is 17.7. The number of hydrogen-bond acceptors (Lipinski definition) is 9. The molecule has 0 aromatic carbocycles. The Bertz CT molecular complexity index is 532. The molecule has 0 aromatic rings. The van der Waals surface area contributed by atoms with E-state index in [1.165, 1.54) is 0 Å². The van der Waals surface area contributed by atoms with Crippen molar-refractivity contribution in [3.63, 3.8) is 0 Å². The lowest BCUT2D eigenvalue weighted by molar-refractivity contribution is -0.322. The van der Waals surface area contributed by atoms with Crippen molar-refractivity contribution in [3.05, 3.63) is 12.3 Å². The van der Waals surface area contributed by atoms with Crippen molar-refractivity contribution in [1.82, 2.24) is 0 Å². The van der Waals surface area contributed by atoms with Crippen LogP contribution in [-0.2, 0) is 33.2 Å². The second kappa shape index (κ2) is 10.0. The predicted octanol–water partition coefficient (Wildman–Crippen LogP) is 0.711. The van der Waals surface area contributed by atoms with E-state index in [1.54, 1.807) is 33.5 Å². The fraction of sp³-hybridized carbons (Fsp3) is 0.900. The third-order valence-corrected chi connectivity index (χ3v) is 5.84. The van der Waals surface area contributed by atoms with Crippen molar-refractivity contribution in [2.45, 2.75) is 101 Å². The number of methoxy groups -OCH3 is 2. The van der Waals surface area contributed by atoms with Crippen LogP contribution in [0.2, 0.25) is 0 Å². The SMILES string of the molecule is CO[C@H]1C=CO[C@H](C)[C@H]1O[C@H]1C[C@H](O)[C@H](O[C@H]2C[C@@H](OC)[C@H](O)[C@@H](C)O2)[C@@H](C)O1. The Morgan fingerprint density at radius 2 is 1.48 bits per heavy atom. The standard InChI is InChI=1S/C20H34O9/c1-10-18(22)15(24-5)9-17(26-10)28-19-12(3)27-16(8-13(19)21)29-20-11(2)25-7-6-14(20)23-4/h6-7,10-22H,8-9H2,1-5H3/t10-,11-,12-,13+,14+,15-,16+,17+,18-,19-,20-/m1/s1. The number of aliphatic hydroxyl groups is 2. The van der Waals surface area contributed by atoms with E-state index in [0.717, 1.165) is 0 Å². The van der Waals surface area contributed by atoms with Crippen LogP contribution in [-0.4, -0.2) is 91.9 Å². The van der Waals surface area contributed by atoms with Crippen LogP contribution >= 0.6 is 0 Å². The highest BCUT2D eigenvalue weighted by Crippen LogP contribution is 2.31. The maximum Gasteiger partial charge on any atom is 0.161 e. The van der Waals surface area contributed by atoms with Gasteiger partial charge in [-0.25, -0.2) is 0 Å². The molecule has 0 unspecified atom stereocenters. The fourth-order valence-electron chi connectivity index (χ4n) is 4.09. The Morgan fingerprint density at radius 3 is 2.14 bits per heavy atom. The number of hydrogen-bond donors (Lipinski definition) is 2. The third-order valence-electron chi connectivity index (χ3n) is 5.84. The molecule has 3 aliphatic rings. The second-order valence-corrected chi connectivity index (χ2v) is 7.92. The van der Waals surface area contributed by atoms with Crippen molar-refractivity contribution in [1.29, 1.82) is 0 Å². The Kier molecular flexibility index (Phi) is 7.91.